The fraction of sp³-hybridized carbons (Fsp3) is 0.125. The Labute approximate surface area is 142 Å². The highest BCUT2D eigenvalue weighted by molar-refractivity contribution is 8.00. The van der Waals surface area contributed by atoms with Crippen LogP contribution in [0.1, 0.15) is 5.56 Å². The van der Waals surface area contributed by atoms with E-state index in [2.05, 4.69) is 10.5 Å². The van der Waals surface area contributed by atoms with Crippen molar-refractivity contribution in [2.75, 3.05) is 12.9 Å². The van der Waals surface area contributed by atoms with Crippen LogP contribution in [0.3, 0.4) is 0 Å². The minimum absolute atomic E-state index is 0.160. The lowest BCUT2D eigenvalue weighted by Crippen LogP contribution is -2.19. The van der Waals surface area contributed by atoms with Gasteiger partial charge < -0.3 is 4.74 Å². The van der Waals surface area contributed by atoms with Gasteiger partial charge in [-0.2, -0.15) is 5.10 Å². The molecule has 0 atom stereocenters. The van der Waals surface area contributed by atoms with Crippen molar-refractivity contribution in [1.82, 2.24) is 5.43 Å². The first-order chi connectivity index (χ1) is 11.6. The van der Waals surface area contributed by atoms with E-state index in [1.165, 1.54) is 37.2 Å². The van der Waals surface area contributed by atoms with Gasteiger partial charge >= 0.3 is 5.69 Å². The second-order valence-corrected chi connectivity index (χ2v) is 5.63. The van der Waals surface area contributed by atoms with Crippen LogP contribution in [-0.2, 0) is 4.79 Å². The quantitative estimate of drug-likeness (QED) is 0.360. The molecule has 0 heterocycles. The van der Waals surface area contributed by atoms with Crippen LogP contribution in [-0.4, -0.2) is 29.9 Å². The second-order valence-electron chi connectivity index (χ2n) is 4.58. The van der Waals surface area contributed by atoms with Crippen molar-refractivity contribution in [3.05, 3.63) is 64.2 Å². The van der Waals surface area contributed by atoms with Crippen molar-refractivity contribution in [1.29, 1.82) is 0 Å². The minimum atomic E-state index is -0.536. The highest BCUT2D eigenvalue weighted by Crippen LogP contribution is 2.26. The topological polar surface area (TPSA) is 93.8 Å². The molecule has 0 fully saturated rings. The largest absolute Gasteiger partial charge is 0.490 e. The van der Waals surface area contributed by atoms with Crippen molar-refractivity contribution in [3.8, 4) is 5.75 Å². The Balaban J connectivity index is 1.90. The lowest BCUT2D eigenvalue weighted by molar-refractivity contribution is -0.385. The number of benzene rings is 2. The number of hydrazone groups is 1. The van der Waals surface area contributed by atoms with Crippen molar-refractivity contribution < 1.29 is 14.5 Å². The van der Waals surface area contributed by atoms with Crippen LogP contribution in [0.2, 0.25) is 0 Å². The van der Waals surface area contributed by atoms with Crippen LogP contribution in [0.25, 0.3) is 0 Å². The summed E-state index contributed by atoms with van der Waals surface area (Å²) in [5.74, 6) is 0.132. The zero-order chi connectivity index (χ0) is 17.4. The maximum absolute atomic E-state index is 11.7. The number of rotatable bonds is 7. The van der Waals surface area contributed by atoms with Crippen LogP contribution < -0.4 is 10.2 Å². The van der Waals surface area contributed by atoms with Gasteiger partial charge in [-0.15, -0.1) is 11.8 Å². The molecule has 0 aliphatic heterocycles. The summed E-state index contributed by atoms with van der Waals surface area (Å²) in [5, 5.41) is 14.8. The molecule has 0 saturated heterocycles. The Morgan fingerprint density at radius 1 is 1.33 bits per heavy atom. The third kappa shape index (κ3) is 5.10. The highest BCUT2D eigenvalue weighted by atomic mass is 32.2. The molecule has 124 valence electrons. The van der Waals surface area contributed by atoms with Crippen molar-refractivity contribution in [3.63, 3.8) is 0 Å². The number of hydrogen-bond donors (Lipinski definition) is 1. The Hall–Kier alpha value is -2.87. The second kappa shape index (κ2) is 8.68. The maximum Gasteiger partial charge on any atom is 0.311 e. The number of amides is 1. The SMILES string of the molecule is COc1ccc(/C=N\NC(=O)CSc2ccccc2)cc1[N+](=O)[O-]. The lowest BCUT2D eigenvalue weighted by Gasteiger charge is -2.02. The summed E-state index contributed by atoms with van der Waals surface area (Å²) in [6.45, 7) is 0. The molecule has 0 saturated carbocycles. The monoisotopic (exact) mass is 345 g/mol. The number of nitro groups is 1. The molecule has 7 nitrogen and oxygen atoms in total. The summed E-state index contributed by atoms with van der Waals surface area (Å²) in [4.78, 5) is 23.1. The summed E-state index contributed by atoms with van der Waals surface area (Å²) in [6, 6.07) is 13.9. The van der Waals surface area contributed by atoms with E-state index in [1.54, 1.807) is 6.07 Å². The van der Waals surface area contributed by atoms with Gasteiger partial charge in [-0.05, 0) is 24.3 Å². The van der Waals surface area contributed by atoms with E-state index in [0.29, 0.717) is 5.56 Å². The average molecular weight is 345 g/mol. The molecule has 2 aromatic rings. The number of thioether (sulfide) groups is 1. The van der Waals surface area contributed by atoms with Crippen molar-refractivity contribution in [2.45, 2.75) is 4.90 Å². The number of carbonyl (C=O) groups excluding carboxylic acids is 1. The Bertz CT molecular complexity index is 750. The summed E-state index contributed by atoms with van der Waals surface area (Å²) >= 11 is 1.39. The van der Waals surface area contributed by atoms with Crippen molar-refractivity contribution in [2.24, 2.45) is 5.10 Å². The van der Waals surface area contributed by atoms with Gasteiger partial charge in [0.05, 0.1) is 24.0 Å². The molecule has 0 aromatic heterocycles. The van der Waals surface area contributed by atoms with Crippen molar-refractivity contribution >= 4 is 29.6 Å². The molecule has 8 heteroatoms. The molecule has 1 amide bonds. The molecule has 2 aromatic carbocycles. The predicted octanol–water partition coefficient (Wildman–Crippen LogP) is 2.85. The maximum atomic E-state index is 11.7. The van der Waals surface area contributed by atoms with Crippen LogP contribution >= 0.6 is 11.8 Å². The van der Waals surface area contributed by atoms with Gasteiger partial charge in [0.25, 0.3) is 0 Å². The first-order valence-electron chi connectivity index (χ1n) is 6.92. The number of nitrogens with one attached hydrogen (secondary N) is 1. The fourth-order valence-corrected chi connectivity index (χ4v) is 2.52. The van der Waals surface area contributed by atoms with Gasteiger partial charge in [0.1, 0.15) is 0 Å². The molecule has 2 rings (SSSR count). The van der Waals surface area contributed by atoms with Gasteiger partial charge in [0.15, 0.2) is 5.75 Å². The number of nitrogens with zero attached hydrogens (tertiary/aromatic N) is 2. The van der Waals surface area contributed by atoms with E-state index in [4.69, 9.17) is 4.74 Å². The zero-order valence-electron chi connectivity index (χ0n) is 12.8. The van der Waals surface area contributed by atoms with Gasteiger partial charge in [-0.3, -0.25) is 14.9 Å². The van der Waals surface area contributed by atoms with Gasteiger partial charge in [-0.1, -0.05) is 18.2 Å². The summed E-state index contributed by atoms with van der Waals surface area (Å²) in [6.07, 6.45) is 1.34. The molecule has 0 radical (unpaired) electrons. The molecule has 0 aliphatic carbocycles. The summed E-state index contributed by atoms with van der Waals surface area (Å²) in [5.41, 5.74) is 2.71. The molecule has 0 aliphatic rings. The molecular formula is C16H15N3O4S. The normalized spacial score (nSPS) is 10.5. The van der Waals surface area contributed by atoms with Gasteiger partial charge in [0.2, 0.25) is 5.91 Å². The molecule has 0 spiro atoms. The highest BCUT2D eigenvalue weighted by Gasteiger charge is 2.14. The standard InChI is InChI=1S/C16H15N3O4S/c1-23-15-8-7-12(9-14(15)19(21)22)10-17-18-16(20)11-24-13-5-3-2-4-6-13/h2-10H,11H2,1H3,(H,18,20)/b17-10-. The smallest absolute Gasteiger partial charge is 0.311 e. The predicted molar refractivity (Wildman–Crippen MR) is 92.6 cm³/mol. The van der Waals surface area contributed by atoms with E-state index in [0.717, 1.165) is 4.90 Å². The lowest BCUT2D eigenvalue weighted by atomic mass is 10.2. The van der Waals surface area contributed by atoms with E-state index >= 15 is 0 Å². The van der Waals surface area contributed by atoms with Crippen LogP contribution in [0.15, 0.2) is 58.5 Å². The third-order valence-corrected chi connectivity index (χ3v) is 3.93. The van der Waals surface area contributed by atoms with Crippen LogP contribution in [0, 0.1) is 10.1 Å². The Morgan fingerprint density at radius 3 is 2.75 bits per heavy atom. The zero-order valence-corrected chi connectivity index (χ0v) is 13.7. The van der Waals surface area contributed by atoms with Crippen LogP contribution in [0.5, 0.6) is 5.75 Å². The average Bonchev–Trinajstić information content (AvgIpc) is 2.60. The van der Waals surface area contributed by atoms with Gasteiger partial charge in [-0.25, -0.2) is 5.43 Å². The van der Waals surface area contributed by atoms with E-state index in [9.17, 15) is 14.9 Å². The summed E-state index contributed by atoms with van der Waals surface area (Å²) < 4.78 is 4.92. The fourth-order valence-electron chi connectivity index (χ4n) is 1.81. The molecule has 1 N–H and O–H groups in total. The molecule has 24 heavy (non-hydrogen) atoms. The minimum Gasteiger partial charge on any atom is -0.490 e. The number of carbonyl (C=O) groups is 1. The van der Waals surface area contributed by atoms with E-state index in [-0.39, 0.29) is 23.1 Å². The molecular weight excluding hydrogens is 330 g/mol. The number of nitro benzene ring substituents is 1. The van der Waals surface area contributed by atoms with Gasteiger partial charge in [0, 0.05) is 16.5 Å². The summed E-state index contributed by atoms with van der Waals surface area (Å²) in [7, 11) is 1.36. The molecule has 0 unspecified atom stereocenters. The first kappa shape index (κ1) is 17.5. The number of methoxy groups -OCH3 is 1. The Morgan fingerprint density at radius 2 is 2.08 bits per heavy atom. The Kier molecular flexibility index (Phi) is 6.32. The number of hydrogen-bond acceptors (Lipinski definition) is 6. The molecule has 0 bridgehead atoms. The third-order valence-electron chi connectivity index (χ3n) is 2.92. The van der Waals surface area contributed by atoms with Crippen LogP contribution in [0.4, 0.5) is 5.69 Å². The number of ether oxygens (including phenoxy) is 1. The van der Waals surface area contributed by atoms with E-state index < -0.39 is 4.92 Å². The van der Waals surface area contributed by atoms with E-state index in [1.807, 2.05) is 30.3 Å². The first-order valence-corrected chi connectivity index (χ1v) is 7.91.